The molecule has 6 nitrogen and oxygen atoms in total. The van der Waals surface area contributed by atoms with Gasteiger partial charge in [0.25, 0.3) is 5.91 Å². The number of nitrogens with zero attached hydrogens (tertiary/aromatic N) is 3. The van der Waals surface area contributed by atoms with Gasteiger partial charge in [-0.25, -0.2) is 9.37 Å². The van der Waals surface area contributed by atoms with Crippen molar-refractivity contribution in [2.24, 2.45) is 7.05 Å². The minimum absolute atomic E-state index is 0.165. The molecule has 0 unspecified atom stereocenters. The summed E-state index contributed by atoms with van der Waals surface area (Å²) in [6, 6.07) is 2.94. The van der Waals surface area contributed by atoms with Crippen LogP contribution in [-0.4, -0.2) is 27.7 Å². The van der Waals surface area contributed by atoms with E-state index in [-0.39, 0.29) is 12.1 Å². The fourth-order valence-electron chi connectivity index (χ4n) is 1.64. The van der Waals surface area contributed by atoms with Gasteiger partial charge >= 0.3 is 0 Å². The van der Waals surface area contributed by atoms with Gasteiger partial charge in [-0.2, -0.15) is 5.10 Å². The van der Waals surface area contributed by atoms with Gasteiger partial charge in [0.15, 0.2) is 0 Å². The molecular formula is C12H14FN5O. The second-order valence-corrected chi connectivity index (χ2v) is 3.96. The standard InChI is InChI=1S/C12H14FN5O/c1-14-11-10(5-8(13)6-15-11)12(19)16-7-9-3-4-18(2)17-9/h3-6H,7H2,1-2H3,(H,14,15)(H,16,19). The van der Waals surface area contributed by atoms with Crippen LogP contribution in [0.2, 0.25) is 0 Å². The Labute approximate surface area is 109 Å². The van der Waals surface area contributed by atoms with Crippen molar-refractivity contribution >= 4 is 11.7 Å². The normalized spacial score (nSPS) is 10.3. The summed E-state index contributed by atoms with van der Waals surface area (Å²) in [5.41, 5.74) is 0.893. The number of amides is 1. The van der Waals surface area contributed by atoms with Gasteiger partial charge in [-0.15, -0.1) is 0 Å². The van der Waals surface area contributed by atoms with Crippen LogP contribution in [-0.2, 0) is 13.6 Å². The maximum absolute atomic E-state index is 13.1. The molecular weight excluding hydrogens is 249 g/mol. The van der Waals surface area contributed by atoms with Crippen LogP contribution in [0.1, 0.15) is 16.1 Å². The first-order valence-corrected chi connectivity index (χ1v) is 5.70. The maximum atomic E-state index is 13.1. The molecule has 0 spiro atoms. The molecule has 1 amide bonds. The Morgan fingerprint density at radius 2 is 2.32 bits per heavy atom. The SMILES string of the molecule is CNc1ncc(F)cc1C(=O)NCc1ccn(C)n1. The fraction of sp³-hybridized carbons (Fsp3) is 0.250. The molecule has 19 heavy (non-hydrogen) atoms. The molecule has 7 heteroatoms. The molecule has 0 radical (unpaired) electrons. The Kier molecular flexibility index (Phi) is 3.74. The highest BCUT2D eigenvalue weighted by atomic mass is 19.1. The molecule has 0 atom stereocenters. The van der Waals surface area contributed by atoms with Gasteiger partial charge in [-0.05, 0) is 12.1 Å². The first kappa shape index (κ1) is 13.0. The van der Waals surface area contributed by atoms with Crippen LogP contribution in [0.5, 0.6) is 0 Å². The lowest BCUT2D eigenvalue weighted by Gasteiger charge is -2.08. The smallest absolute Gasteiger partial charge is 0.255 e. The van der Waals surface area contributed by atoms with E-state index in [4.69, 9.17) is 0 Å². The van der Waals surface area contributed by atoms with E-state index in [1.807, 2.05) is 0 Å². The highest BCUT2D eigenvalue weighted by Gasteiger charge is 2.13. The molecule has 0 aliphatic rings. The zero-order chi connectivity index (χ0) is 13.8. The summed E-state index contributed by atoms with van der Waals surface area (Å²) in [5, 5.41) is 9.55. The van der Waals surface area contributed by atoms with Crippen LogP contribution in [0, 0.1) is 5.82 Å². The average Bonchev–Trinajstić information content (AvgIpc) is 2.81. The van der Waals surface area contributed by atoms with Crippen LogP contribution in [0.4, 0.5) is 10.2 Å². The maximum Gasteiger partial charge on any atom is 0.255 e. The summed E-state index contributed by atoms with van der Waals surface area (Å²) in [4.78, 5) is 15.8. The van der Waals surface area contributed by atoms with E-state index in [0.29, 0.717) is 5.82 Å². The molecule has 0 aliphatic heterocycles. The molecule has 0 fully saturated rings. The summed E-state index contributed by atoms with van der Waals surface area (Å²) in [7, 11) is 3.41. The van der Waals surface area contributed by atoms with Crippen LogP contribution >= 0.6 is 0 Å². The number of anilines is 1. The minimum atomic E-state index is -0.554. The number of aryl methyl sites for hydroxylation is 1. The number of carbonyl (C=O) groups is 1. The van der Waals surface area contributed by atoms with Gasteiger partial charge in [0, 0.05) is 20.3 Å². The Morgan fingerprint density at radius 3 is 2.95 bits per heavy atom. The van der Waals surface area contributed by atoms with Crippen molar-refractivity contribution < 1.29 is 9.18 Å². The molecule has 0 saturated carbocycles. The summed E-state index contributed by atoms with van der Waals surface area (Å²) in [5.74, 6) is -0.621. The minimum Gasteiger partial charge on any atom is -0.372 e. The molecule has 2 heterocycles. The molecule has 2 N–H and O–H groups in total. The second-order valence-electron chi connectivity index (χ2n) is 3.96. The van der Waals surface area contributed by atoms with Gasteiger partial charge in [0.2, 0.25) is 0 Å². The lowest BCUT2D eigenvalue weighted by molar-refractivity contribution is 0.0950. The molecule has 0 aromatic carbocycles. The van der Waals surface area contributed by atoms with E-state index in [0.717, 1.165) is 18.0 Å². The molecule has 2 aromatic rings. The van der Waals surface area contributed by atoms with Crippen LogP contribution < -0.4 is 10.6 Å². The largest absolute Gasteiger partial charge is 0.372 e. The lowest BCUT2D eigenvalue weighted by atomic mass is 10.2. The van der Waals surface area contributed by atoms with Crippen molar-refractivity contribution in [3.8, 4) is 0 Å². The third-order valence-electron chi connectivity index (χ3n) is 2.53. The second kappa shape index (κ2) is 5.47. The third kappa shape index (κ3) is 3.06. The molecule has 2 rings (SSSR count). The molecule has 0 saturated heterocycles. The van der Waals surface area contributed by atoms with Crippen molar-refractivity contribution in [3.63, 3.8) is 0 Å². The number of rotatable bonds is 4. The van der Waals surface area contributed by atoms with Gasteiger partial charge in [-0.1, -0.05) is 0 Å². The van der Waals surface area contributed by atoms with E-state index in [1.165, 1.54) is 0 Å². The van der Waals surface area contributed by atoms with Gasteiger partial charge in [-0.3, -0.25) is 9.48 Å². The number of hydrogen-bond acceptors (Lipinski definition) is 4. The predicted molar refractivity (Wildman–Crippen MR) is 68.1 cm³/mol. The first-order valence-electron chi connectivity index (χ1n) is 5.70. The van der Waals surface area contributed by atoms with Crippen molar-refractivity contribution in [3.05, 3.63) is 41.6 Å². The average molecular weight is 263 g/mol. The lowest BCUT2D eigenvalue weighted by Crippen LogP contribution is -2.24. The third-order valence-corrected chi connectivity index (χ3v) is 2.53. The Hall–Kier alpha value is -2.44. The zero-order valence-corrected chi connectivity index (χ0v) is 10.6. The Morgan fingerprint density at radius 1 is 1.53 bits per heavy atom. The zero-order valence-electron chi connectivity index (χ0n) is 10.6. The molecule has 2 aromatic heterocycles. The van der Waals surface area contributed by atoms with E-state index >= 15 is 0 Å². The van der Waals surface area contributed by atoms with Crippen molar-refractivity contribution in [1.29, 1.82) is 0 Å². The number of hydrogen-bond donors (Lipinski definition) is 2. The molecule has 100 valence electrons. The predicted octanol–water partition coefficient (Wildman–Crippen LogP) is 0.926. The van der Waals surface area contributed by atoms with E-state index in [9.17, 15) is 9.18 Å². The van der Waals surface area contributed by atoms with E-state index in [1.54, 1.807) is 31.0 Å². The Bertz CT molecular complexity index is 596. The van der Waals surface area contributed by atoms with Crippen LogP contribution in [0.25, 0.3) is 0 Å². The van der Waals surface area contributed by atoms with E-state index in [2.05, 4.69) is 20.7 Å². The van der Waals surface area contributed by atoms with Crippen molar-refractivity contribution in [2.45, 2.75) is 6.54 Å². The number of halogens is 1. The van der Waals surface area contributed by atoms with Gasteiger partial charge in [0.1, 0.15) is 11.6 Å². The highest BCUT2D eigenvalue weighted by molar-refractivity contribution is 5.98. The summed E-state index contributed by atoms with van der Waals surface area (Å²) in [6.07, 6.45) is 2.84. The van der Waals surface area contributed by atoms with E-state index < -0.39 is 11.7 Å². The van der Waals surface area contributed by atoms with Crippen molar-refractivity contribution in [2.75, 3.05) is 12.4 Å². The number of carbonyl (C=O) groups excluding carboxylic acids is 1. The summed E-state index contributed by atoms with van der Waals surface area (Å²) >= 11 is 0. The number of pyridine rings is 1. The first-order chi connectivity index (χ1) is 9.10. The number of aromatic nitrogens is 3. The molecule has 0 bridgehead atoms. The monoisotopic (exact) mass is 263 g/mol. The van der Waals surface area contributed by atoms with Crippen LogP contribution in [0.15, 0.2) is 24.5 Å². The topological polar surface area (TPSA) is 71.8 Å². The quantitative estimate of drug-likeness (QED) is 0.860. The fourth-order valence-corrected chi connectivity index (χ4v) is 1.64. The summed E-state index contributed by atoms with van der Waals surface area (Å²) in [6.45, 7) is 0.277. The van der Waals surface area contributed by atoms with Gasteiger partial charge in [0.05, 0.1) is 24.0 Å². The van der Waals surface area contributed by atoms with Gasteiger partial charge < -0.3 is 10.6 Å². The highest BCUT2D eigenvalue weighted by Crippen LogP contribution is 2.12. The summed E-state index contributed by atoms with van der Waals surface area (Å²) < 4.78 is 14.8. The molecule has 0 aliphatic carbocycles. The number of nitrogens with one attached hydrogen (secondary N) is 2. The van der Waals surface area contributed by atoms with Crippen molar-refractivity contribution in [1.82, 2.24) is 20.1 Å². The Balaban J connectivity index is 2.09. The van der Waals surface area contributed by atoms with Crippen LogP contribution in [0.3, 0.4) is 0 Å².